The summed E-state index contributed by atoms with van der Waals surface area (Å²) in [5.41, 5.74) is 0.633. The molecule has 4 rings (SSSR count). The van der Waals surface area contributed by atoms with Crippen molar-refractivity contribution in [1.82, 2.24) is 0 Å². The third kappa shape index (κ3) is 2.54. The van der Waals surface area contributed by atoms with Gasteiger partial charge < -0.3 is 15.2 Å². The Morgan fingerprint density at radius 1 is 1.24 bits per heavy atom. The van der Waals surface area contributed by atoms with E-state index in [1.807, 2.05) is 24.3 Å². The molecule has 1 amide bonds. The first-order valence-corrected chi connectivity index (χ1v) is 8.07. The average Bonchev–Trinajstić information content (AvgIpc) is 3.32. The molecule has 0 radical (unpaired) electrons. The van der Waals surface area contributed by atoms with Gasteiger partial charge in [-0.2, -0.15) is 0 Å². The minimum atomic E-state index is -1.21. The van der Waals surface area contributed by atoms with Gasteiger partial charge in [0.1, 0.15) is 11.6 Å². The van der Waals surface area contributed by atoms with Crippen LogP contribution in [0.3, 0.4) is 0 Å². The highest BCUT2D eigenvalue weighted by Gasteiger charge is 2.61. The Kier molecular flexibility index (Phi) is 3.49. The SMILES string of the molecule is O=C(O)c1ccc(NC(=O)C2CC23CCOc2ccccc23)c(F)c1. The van der Waals surface area contributed by atoms with Crippen molar-refractivity contribution in [2.75, 3.05) is 11.9 Å². The normalized spacial score (nSPS) is 23.5. The summed E-state index contributed by atoms with van der Waals surface area (Å²) in [6.07, 6.45) is 1.45. The van der Waals surface area contributed by atoms with Crippen LogP contribution in [0.5, 0.6) is 5.75 Å². The van der Waals surface area contributed by atoms with E-state index in [4.69, 9.17) is 9.84 Å². The minimum Gasteiger partial charge on any atom is -0.493 e. The van der Waals surface area contributed by atoms with E-state index >= 15 is 0 Å². The molecule has 25 heavy (non-hydrogen) atoms. The summed E-state index contributed by atoms with van der Waals surface area (Å²) >= 11 is 0. The monoisotopic (exact) mass is 341 g/mol. The summed E-state index contributed by atoms with van der Waals surface area (Å²) in [5.74, 6) is -1.65. The molecular formula is C19H16FNO4. The molecule has 1 spiro atoms. The Bertz CT molecular complexity index is 881. The maximum atomic E-state index is 14.0. The van der Waals surface area contributed by atoms with E-state index in [0.29, 0.717) is 13.0 Å². The number of hydrogen-bond acceptors (Lipinski definition) is 3. The Morgan fingerprint density at radius 2 is 2.04 bits per heavy atom. The predicted octanol–water partition coefficient (Wildman–Crippen LogP) is 3.20. The molecule has 128 valence electrons. The fraction of sp³-hybridized carbons (Fsp3) is 0.263. The number of halogens is 1. The highest BCUT2D eigenvalue weighted by atomic mass is 19.1. The van der Waals surface area contributed by atoms with E-state index in [0.717, 1.165) is 23.8 Å². The van der Waals surface area contributed by atoms with E-state index < -0.39 is 11.8 Å². The van der Waals surface area contributed by atoms with Crippen LogP contribution in [0, 0.1) is 11.7 Å². The number of amides is 1. The van der Waals surface area contributed by atoms with Crippen LogP contribution in [-0.2, 0) is 10.2 Å². The van der Waals surface area contributed by atoms with Crippen molar-refractivity contribution < 1.29 is 23.8 Å². The summed E-state index contributed by atoms with van der Waals surface area (Å²) < 4.78 is 19.7. The number of carbonyl (C=O) groups excluding carboxylic acids is 1. The Balaban J connectivity index is 1.54. The first kappa shape index (κ1) is 15.6. The van der Waals surface area contributed by atoms with Gasteiger partial charge in [0.05, 0.1) is 17.9 Å². The molecule has 1 aliphatic carbocycles. The predicted molar refractivity (Wildman–Crippen MR) is 88.3 cm³/mol. The standard InChI is InChI=1S/C19H16FNO4/c20-14-9-11(18(23)24)5-6-15(14)21-17(22)13-10-19(13)7-8-25-16-4-2-1-3-12(16)19/h1-6,9,13H,7-8,10H2,(H,21,22)(H,23,24). The van der Waals surface area contributed by atoms with Crippen molar-refractivity contribution in [2.45, 2.75) is 18.3 Å². The van der Waals surface area contributed by atoms with Crippen LogP contribution in [0.2, 0.25) is 0 Å². The number of carboxylic acids is 1. The zero-order valence-electron chi connectivity index (χ0n) is 13.3. The zero-order valence-corrected chi connectivity index (χ0v) is 13.3. The summed E-state index contributed by atoms with van der Waals surface area (Å²) in [5, 5.41) is 11.5. The molecule has 1 fully saturated rings. The Hall–Kier alpha value is -2.89. The number of carboxylic acid groups (broad SMARTS) is 1. The van der Waals surface area contributed by atoms with E-state index in [-0.39, 0.29) is 28.5 Å². The molecule has 0 saturated heterocycles. The van der Waals surface area contributed by atoms with Crippen molar-refractivity contribution in [1.29, 1.82) is 0 Å². The van der Waals surface area contributed by atoms with E-state index in [1.165, 1.54) is 12.1 Å². The number of ether oxygens (including phenoxy) is 1. The van der Waals surface area contributed by atoms with Crippen LogP contribution in [-0.4, -0.2) is 23.6 Å². The molecule has 5 nitrogen and oxygen atoms in total. The van der Waals surface area contributed by atoms with Gasteiger partial charge in [0, 0.05) is 16.9 Å². The lowest BCUT2D eigenvalue weighted by Gasteiger charge is -2.26. The van der Waals surface area contributed by atoms with Gasteiger partial charge in [0.2, 0.25) is 5.91 Å². The fourth-order valence-corrected chi connectivity index (χ4v) is 3.67. The number of carbonyl (C=O) groups is 2. The summed E-state index contributed by atoms with van der Waals surface area (Å²) in [7, 11) is 0. The van der Waals surface area contributed by atoms with E-state index in [2.05, 4.69) is 5.32 Å². The van der Waals surface area contributed by atoms with Gasteiger partial charge >= 0.3 is 5.97 Å². The molecule has 6 heteroatoms. The van der Waals surface area contributed by atoms with Gasteiger partial charge in [-0.25, -0.2) is 9.18 Å². The van der Waals surface area contributed by atoms with Crippen LogP contribution in [0.1, 0.15) is 28.8 Å². The molecule has 2 aromatic carbocycles. The average molecular weight is 341 g/mol. The van der Waals surface area contributed by atoms with Gasteiger partial charge in [-0.1, -0.05) is 18.2 Å². The highest BCUT2D eigenvalue weighted by Crippen LogP contribution is 2.60. The summed E-state index contributed by atoms with van der Waals surface area (Å²) in [6.45, 7) is 0.558. The number of para-hydroxylation sites is 1. The van der Waals surface area contributed by atoms with Gasteiger partial charge in [-0.05, 0) is 37.1 Å². The number of benzene rings is 2. The Labute approximate surface area is 143 Å². The molecule has 1 heterocycles. The maximum absolute atomic E-state index is 14.0. The van der Waals surface area contributed by atoms with Crippen LogP contribution in [0.15, 0.2) is 42.5 Å². The van der Waals surface area contributed by atoms with Crippen molar-refractivity contribution in [3.05, 3.63) is 59.4 Å². The van der Waals surface area contributed by atoms with Crippen LogP contribution in [0.4, 0.5) is 10.1 Å². The van der Waals surface area contributed by atoms with Crippen molar-refractivity contribution in [2.24, 2.45) is 5.92 Å². The van der Waals surface area contributed by atoms with Crippen LogP contribution >= 0.6 is 0 Å². The quantitative estimate of drug-likeness (QED) is 0.899. The first-order valence-electron chi connectivity index (χ1n) is 8.07. The topological polar surface area (TPSA) is 75.6 Å². The molecule has 2 aromatic rings. The fourth-order valence-electron chi connectivity index (χ4n) is 3.67. The number of rotatable bonds is 3. The Morgan fingerprint density at radius 3 is 2.80 bits per heavy atom. The van der Waals surface area contributed by atoms with Crippen molar-refractivity contribution in [3.63, 3.8) is 0 Å². The molecule has 2 N–H and O–H groups in total. The molecule has 0 aromatic heterocycles. The summed E-state index contributed by atoms with van der Waals surface area (Å²) in [4.78, 5) is 23.5. The second-order valence-electron chi connectivity index (χ2n) is 6.50. The number of aromatic carboxylic acids is 1. The summed E-state index contributed by atoms with van der Waals surface area (Å²) in [6, 6.07) is 11.2. The van der Waals surface area contributed by atoms with Gasteiger partial charge in [0.15, 0.2) is 0 Å². The van der Waals surface area contributed by atoms with Gasteiger partial charge in [0.25, 0.3) is 0 Å². The lowest BCUT2D eigenvalue weighted by molar-refractivity contribution is -0.117. The number of nitrogens with one attached hydrogen (secondary N) is 1. The lowest BCUT2D eigenvalue weighted by atomic mass is 9.87. The largest absolute Gasteiger partial charge is 0.493 e. The number of anilines is 1. The first-order chi connectivity index (χ1) is 12.0. The second kappa shape index (κ2) is 5.58. The third-order valence-corrected chi connectivity index (χ3v) is 5.09. The minimum absolute atomic E-state index is 0.00241. The molecular weight excluding hydrogens is 325 g/mol. The van der Waals surface area contributed by atoms with Gasteiger partial charge in [-0.15, -0.1) is 0 Å². The molecule has 2 aliphatic rings. The van der Waals surface area contributed by atoms with E-state index in [1.54, 1.807) is 0 Å². The number of hydrogen-bond donors (Lipinski definition) is 2. The second-order valence-corrected chi connectivity index (χ2v) is 6.50. The maximum Gasteiger partial charge on any atom is 0.335 e. The molecule has 0 bridgehead atoms. The third-order valence-electron chi connectivity index (χ3n) is 5.09. The highest BCUT2D eigenvalue weighted by molar-refractivity contribution is 5.97. The van der Waals surface area contributed by atoms with E-state index in [9.17, 15) is 14.0 Å². The number of fused-ring (bicyclic) bond motifs is 2. The smallest absolute Gasteiger partial charge is 0.335 e. The lowest BCUT2D eigenvalue weighted by Crippen LogP contribution is -2.26. The zero-order chi connectivity index (χ0) is 17.6. The molecule has 2 unspecified atom stereocenters. The van der Waals surface area contributed by atoms with Crippen molar-refractivity contribution in [3.8, 4) is 5.75 Å². The van der Waals surface area contributed by atoms with Crippen molar-refractivity contribution >= 4 is 17.6 Å². The van der Waals surface area contributed by atoms with Crippen LogP contribution in [0.25, 0.3) is 0 Å². The van der Waals surface area contributed by atoms with Crippen LogP contribution < -0.4 is 10.1 Å². The molecule has 1 aliphatic heterocycles. The molecule has 1 saturated carbocycles. The molecule has 2 atom stereocenters. The van der Waals surface area contributed by atoms with Gasteiger partial charge in [-0.3, -0.25) is 4.79 Å².